The highest BCUT2D eigenvalue weighted by molar-refractivity contribution is 6.72. The number of carbonyl (C=O) groups excluding carboxylic acids is 1. The Bertz CT molecular complexity index is 1420. The number of nitrogens with zero attached hydrogens (tertiary/aromatic N) is 3. The average molecular weight is 469 g/mol. The lowest BCUT2D eigenvalue weighted by Crippen LogP contribution is -2.29. The number of aromatic hydroxyl groups is 1. The molecule has 1 saturated carbocycles. The summed E-state index contributed by atoms with van der Waals surface area (Å²) in [4.78, 5) is 25.4. The van der Waals surface area contributed by atoms with Gasteiger partial charge in [0.1, 0.15) is 5.75 Å². The average Bonchev–Trinajstić information content (AvgIpc) is 3.63. The molecule has 1 heterocycles. The summed E-state index contributed by atoms with van der Waals surface area (Å²) in [5.41, 5.74) is 7.46. The third kappa shape index (κ3) is 4.14. The van der Waals surface area contributed by atoms with Crippen molar-refractivity contribution in [2.24, 2.45) is 16.1 Å². The van der Waals surface area contributed by atoms with Crippen LogP contribution in [0.1, 0.15) is 34.3 Å². The van der Waals surface area contributed by atoms with Gasteiger partial charge in [0.05, 0.1) is 22.6 Å². The maximum atomic E-state index is 13.4. The van der Waals surface area contributed by atoms with Crippen LogP contribution in [0.25, 0.3) is 11.1 Å². The van der Waals surface area contributed by atoms with Crippen LogP contribution < -0.4 is 10.4 Å². The lowest BCUT2D eigenvalue weighted by molar-refractivity contribution is -0.112. The Morgan fingerprint density at radius 1 is 1.03 bits per heavy atom. The van der Waals surface area contributed by atoms with Gasteiger partial charge in [-0.25, -0.2) is 4.79 Å². The quantitative estimate of drug-likeness (QED) is 0.443. The summed E-state index contributed by atoms with van der Waals surface area (Å²) >= 11 is 0. The highest BCUT2D eigenvalue weighted by Crippen LogP contribution is 2.38. The molecule has 0 spiro atoms. The Morgan fingerprint density at radius 2 is 1.77 bits per heavy atom. The predicted octanol–water partition coefficient (Wildman–Crippen LogP) is 4.95. The fourth-order valence-electron chi connectivity index (χ4n) is 4.07. The van der Waals surface area contributed by atoms with Crippen molar-refractivity contribution in [3.05, 3.63) is 77.4 Å². The molecule has 3 aromatic rings. The van der Waals surface area contributed by atoms with E-state index >= 15 is 0 Å². The lowest BCUT2D eigenvalue weighted by Gasteiger charge is -2.14. The topological polar surface area (TPSA) is 115 Å². The molecule has 3 aromatic carbocycles. The van der Waals surface area contributed by atoms with E-state index in [2.05, 4.69) is 15.6 Å². The second-order valence-electron chi connectivity index (χ2n) is 8.77. The Morgan fingerprint density at radius 3 is 2.46 bits per heavy atom. The minimum atomic E-state index is -1.16. The predicted molar refractivity (Wildman–Crippen MR) is 135 cm³/mol. The molecule has 8 nitrogen and oxygen atoms in total. The SMILES string of the molecule is Cc1ccc(N2N=C(C3CC3)/C(=N/Nc3c(C(=O)O)cccc3-c3ccccc3O)C2=O)cc1C. The summed E-state index contributed by atoms with van der Waals surface area (Å²) in [6.45, 7) is 3.98. The molecule has 0 bridgehead atoms. The van der Waals surface area contributed by atoms with Gasteiger partial charge in [-0.3, -0.25) is 10.2 Å². The zero-order chi connectivity index (χ0) is 24.7. The summed E-state index contributed by atoms with van der Waals surface area (Å²) in [5.74, 6) is -1.39. The maximum Gasteiger partial charge on any atom is 0.337 e. The number of phenolic OH excluding ortho intramolecular Hbond substituents is 1. The van der Waals surface area contributed by atoms with E-state index in [1.54, 1.807) is 30.3 Å². The van der Waals surface area contributed by atoms with Crippen molar-refractivity contribution in [1.82, 2.24) is 0 Å². The largest absolute Gasteiger partial charge is 0.507 e. The van der Waals surface area contributed by atoms with Crippen LogP contribution in [0.3, 0.4) is 0 Å². The lowest BCUT2D eigenvalue weighted by atomic mass is 9.99. The first-order chi connectivity index (χ1) is 16.8. The van der Waals surface area contributed by atoms with E-state index < -0.39 is 5.97 Å². The van der Waals surface area contributed by atoms with Crippen molar-refractivity contribution in [1.29, 1.82) is 0 Å². The van der Waals surface area contributed by atoms with E-state index in [9.17, 15) is 19.8 Å². The summed E-state index contributed by atoms with van der Waals surface area (Å²) in [6, 6.07) is 17.1. The highest BCUT2D eigenvalue weighted by Gasteiger charge is 2.41. The highest BCUT2D eigenvalue weighted by atomic mass is 16.4. The van der Waals surface area contributed by atoms with Gasteiger partial charge < -0.3 is 10.2 Å². The van der Waals surface area contributed by atoms with Crippen LogP contribution in [0.2, 0.25) is 0 Å². The second kappa shape index (κ2) is 8.72. The molecule has 5 rings (SSSR count). The molecule has 35 heavy (non-hydrogen) atoms. The van der Waals surface area contributed by atoms with Crippen molar-refractivity contribution in [3.63, 3.8) is 0 Å². The molecule has 1 fully saturated rings. The van der Waals surface area contributed by atoms with Gasteiger partial charge >= 0.3 is 11.9 Å². The van der Waals surface area contributed by atoms with Gasteiger partial charge in [-0.05, 0) is 62.1 Å². The number of carboxylic acids is 1. The van der Waals surface area contributed by atoms with E-state index in [0.717, 1.165) is 24.0 Å². The Kier molecular flexibility index (Phi) is 5.56. The number of nitrogens with one attached hydrogen (secondary N) is 1. The molecular weight excluding hydrogens is 444 g/mol. The number of hydrazone groups is 2. The Hall–Kier alpha value is -4.46. The van der Waals surface area contributed by atoms with E-state index in [1.165, 1.54) is 17.1 Å². The van der Waals surface area contributed by atoms with E-state index in [0.29, 0.717) is 22.5 Å². The van der Waals surface area contributed by atoms with Crippen LogP contribution in [0.15, 0.2) is 70.9 Å². The van der Waals surface area contributed by atoms with Crippen LogP contribution in [0.4, 0.5) is 11.4 Å². The van der Waals surface area contributed by atoms with E-state index in [1.807, 2.05) is 32.0 Å². The first kappa shape index (κ1) is 22.3. The van der Waals surface area contributed by atoms with E-state index in [-0.39, 0.29) is 34.5 Å². The number of rotatable bonds is 6. The van der Waals surface area contributed by atoms with Gasteiger partial charge in [-0.1, -0.05) is 36.4 Å². The number of carbonyl (C=O) groups is 2. The maximum absolute atomic E-state index is 13.4. The van der Waals surface area contributed by atoms with E-state index in [4.69, 9.17) is 0 Å². The zero-order valence-corrected chi connectivity index (χ0v) is 19.3. The first-order valence-electron chi connectivity index (χ1n) is 11.3. The molecule has 0 saturated heterocycles. The number of phenols is 1. The molecule has 3 N–H and O–H groups in total. The van der Waals surface area contributed by atoms with Crippen LogP contribution in [-0.4, -0.2) is 33.5 Å². The third-order valence-corrected chi connectivity index (χ3v) is 6.31. The van der Waals surface area contributed by atoms with Crippen molar-refractivity contribution < 1.29 is 19.8 Å². The van der Waals surface area contributed by atoms with Gasteiger partial charge in [0.25, 0.3) is 0 Å². The van der Waals surface area contributed by atoms with Gasteiger partial charge in [0.15, 0.2) is 5.71 Å². The minimum absolute atomic E-state index is 0.00355. The van der Waals surface area contributed by atoms with Crippen molar-refractivity contribution in [3.8, 4) is 16.9 Å². The van der Waals surface area contributed by atoms with Crippen LogP contribution in [-0.2, 0) is 4.79 Å². The summed E-state index contributed by atoms with van der Waals surface area (Å²) in [6.07, 6.45) is 1.83. The normalized spacial score (nSPS) is 16.5. The number of carboxylic acid groups (broad SMARTS) is 1. The number of aromatic carboxylic acids is 1. The number of hydrogen-bond donors (Lipinski definition) is 3. The smallest absolute Gasteiger partial charge is 0.337 e. The number of hydrogen-bond acceptors (Lipinski definition) is 6. The Balaban J connectivity index is 1.56. The molecule has 0 aromatic heterocycles. The number of anilines is 2. The third-order valence-electron chi connectivity index (χ3n) is 6.31. The monoisotopic (exact) mass is 468 g/mol. The van der Waals surface area contributed by atoms with Gasteiger partial charge in [-0.2, -0.15) is 15.2 Å². The molecule has 176 valence electrons. The van der Waals surface area contributed by atoms with Crippen LogP contribution >= 0.6 is 0 Å². The van der Waals surface area contributed by atoms with Crippen LogP contribution in [0.5, 0.6) is 5.75 Å². The molecule has 0 atom stereocenters. The van der Waals surface area contributed by atoms with Crippen molar-refractivity contribution in [2.75, 3.05) is 10.4 Å². The van der Waals surface area contributed by atoms with Gasteiger partial charge in [0, 0.05) is 17.0 Å². The fraction of sp³-hybridized carbons (Fsp3) is 0.185. The number of amides is 1. The van der Waals surface area contributed by atoms with Crippen LogP contribution in [0, 0.1) is 19.8 Å². The first-order valence-corrected chi connectivity index (χ1v) is 11.3. The molecule has 0 unspecified atom stereocenters. The standard InChI is InChI=1S/C27H24N4O4/c1-15-10-13-18(14-16(15)2)31-26(33)25(23(30-31)17-11-12-17)29-28-24-20(7-5-8-21(24)27(34)35)19-6-3-4-9-22(19)32/h3-10,13-14,17,28,32H,11-12H2,1-2H3,(H,34,35)/b29-25-. The van der Waals surface area contributed by atoms with Gasteiger partial charge in [0.2, 0.25) is 0 Å². The molecular formula is C27H24N4O4. The minimum Gasteiger partial charge on any atom is -0.507 e. The molecule has 2 aliphatic rings. The molecule has 8 heteroatoms. The number of aryl methyl sites for hydroxylation is 2. The second-order valence-corrected chi connectivity index (χ2v) is 8.77. The summed E-state index contributed by atoms with van der Waals surface area (Å²) < 4.78 is 0. The number of para-hydroxylation sites is 2. The molecule has 1 aliphatic carbocycles. The molecule has 1 amide bonds. The van der Waals surface area contributed by atoms with Crippen molar-refractivity contribution in [2.45, 2.75) is 26.7 Å². The van der Waals surface area contributed by atoms with Crippen molar-refractivity contribution >= 4 is 34.7 Å². The Labute approximate surface area is 202 Å². The van der Waals surface area contributed by atoms with Gasteiger partial charge in [-0.15, -0.1) is 0 Å². The molecule has 1 aliphatic heterocycles. The summed E-state index contributed by atoms with van der Waals surface area (Å²) in [7, 11) is 0. The number of benzene rings is 3. The fourth-order valence-corrected chi connectivity index (χ4v) is 4.07. The summed E-state index contributed by atoms with van der Waals surface area (Å²) in [5, 5.41) is 30.5. The zero-order valence-electron chi connectivity index (χ0n) is 19.3. The molecule has 0 radical (unpaired) electrons.